The van der Waals surface area contributed by atoms with Crippen molar-refractivity contribution >= 4 is 44.7 Å². The van der Waals surface area contributed by atoms with E-state index in [1.54, 1.807) is 42.6 Å². The van der Waals surface area contributed by atoms with Gasteiger partial charge >= 0.3 is 5.97 Å². The molecule has 3 heterocycles. The lowest BCUT2D eigenvalue weighted by Gasteiger charge is -2.30. The number of esters is 1. The van der Waals surface area contributed by atoms with Crippen LogP contribution in [-0.2, 0) is 19.6 Å². The number of ether oxygens (including phenoxy) is 1. The summed E-state index contributed by atoms with van der Waals surface area (Å²) in [5.41, 5.74) is 3.02. The molecule has 0 aliphatic carbocycles. The van der Waals surface area contributed by atoms with Crippen molar-refractivity contribution in [3.05, 3.63) is 69.8 Å². The van der Waals surface area contributed by atoms with Gasteiger partial charge in [0.25, 0.3) is 10.0 Å². The van der Waals surface area contributed by atoms with Crippen LogP contribution in [0.25, 0.3) is 5.69 Å². The Labute approximate surface area is 214 Å². The number of rotatable bonds is 7. The summed E-state index contributed by atoms with van der Waals surface area (Å²) < 4.78 is 34.6. The highest BCUT2D eigenvalue weighted by atomic mass is 35.5. The Hall–Kier alpha value is -2.46. The van der Waals surface area contributed by atoms with Gasteiger partial charge in [0, 0.05) is 40.8 Å². The van der Waals surface area contributed by atoms with Gasteiger partial charge in [-0.25, -0.2) is 8.42 Å². The highest BCUT2D eigenvalue weighted by Crippen LogP contribution is 2.28. The predicted molar refractivity (Wildman–Crippen MR) is 136 cm³/mol. The Morgan fingerprint density at radius 2 is 1.77 bits per heavy atom. The topological polar surface area (TPSA) is 85.7 Å². The molecule has 1 unspecified atom stereocenters. The van der Waals surface area contributed by atoms with E-state index in [0.29, 0.717) is 27.6 Å². The quantitative estimate of drug-likeness (QED) is 0.314. The monoisotopic (exact) mass is 534 g/mol. The molecule has 0 saturated carbocycles. The smallest absolute Gasteiger partial charge is 0.309 e. The van der Waals surface area contributed by atoms with E-state index >= 15 is 0 Å². The largest absolute Gasteiger partial charge is 0.454 e. The number of thiophene rings is 1. The molecule has 10 heteroatoms. The minimum atomic E-state index is -3.54. The third kappa shape index (κ3) is 5.23. The van der Waals surface area contributed by atoms with Crippen LogP contribution < -0.4 is 0 Å². The van der Waals surface area contributed by atoms with Gasteiger partial charge in [-0.1, -0.05) is 17.7 Å². The van der Waals surface area contributed by atoms with Crippen LogP contribution in [0.1, 0.15) is 41.5 Å². The number of hydrogen-bond donors (Lipinski definition) is 0. The zero-order chi connectivity index (χ0) is 25.3. The van der Waals surface area contributed by atoms with Gasteiger partial charge in [-0.05, 0) is 75.4 Å². The molecular formula is C25H27ClN2O5S2. The van der Waals surface area contributed by atoms with Gasteiger partial charge < -0.3 is 9.30 Å². The van der Waals surface area contributed by atoms with E-state index in [1.165, 1.54) is 15.6 Å². The first-order valence-corrected chi connectivity index (χ1v) is 14.0. The first-order chi connectivity index (χ1) is 16.6. The molecule has 0 bridgehead atoms. The lowest BCUT2D eigenvalue weighted by atomic mass is 9.98. The summed E-state index contributed by atoms with van der Waals surface area (Å²) in [6.07, 6.45) is -0.236. The summed E-state index contributed by atoms with van der Waals surface area (Å²) in [6.45, 7) is 5.82. The Kier molecular flexibility index (Phi) is 7.51. The van der Waals surface area contributed by atoms with E-state index in [4.69, 9.17) is 16.3 Å². The van der Waals surface area contributed by atoms with Gasteiger partial charge in [0.15, 0.2) is 6.10 Å². The van der Waals surface area contributed by atoms with Crippen molar-refractivity contribution in [2.45, 2.75) is 43.9 Å². The number of carbonyl (C=O) groups excluding carboxylic acids is 2. The third-order valence-corrected chi connectivity index (χ3v) is 9.84. The number of nitrogens with zero attached hydrogens (tertiary/aromatic N) is 2. The highest BCUT2D eigenvalue weighted by Gasteiger charge is 2.34. The molecule has 186 valence electrons. The maximum absolute atomic E-state index is 13.2. The van der Waals surface area contributed by atoms with Crippen molar-refractivity contribution in [3.8, 4) is 5.69 Å². The molecule has 0 spiro atoms. The first-order valence-electron chi connectivity index (χ1n) is 11.3. The average Bonchev–Trinajstić information content (AvgIpc) is 3.48. The fourth-order valence-electron chi connectivity index (χ4n) is 4.41. The average molecular weight is 535 g/mol. The van der Waals surface area contributed by atoms with E-state index in [1.807, 2.05) is 30.5 Å². The number of aryl methyl sites for hydroxylation is 1. The summed E-state index contributed by atoms with van der Waals surface area (Å²) in [5, 5.41) is 2.35. The van der Waals surface area contributed by atoms with Gasteiger partial charge in [0.05, 0.1) is 5.92 Å². The summed E-state index contributed by atoms with van der Waals surface area (Å²) in [5.74, 6) is -1.18. The van der Waals surface area contributed by atoms with E-state index in [9.17, 15) is 18.0 Å². The molecule has 1 atom stereocenters. The number of carbonyl (C=O) groups is 2. The molecule has 0 amide bonds. The molecular weight excluding hydrogens is 508 g/mol. The zero-order valence-corrected chi connectivity index (χ0v) is 22.1. The highest BCUT2D eigenvalue weighted by molar-refractivity contribution is 7.91. The van der Waals surface area contributed by atoms with Crippen LogP contribution in [0.2, 0.25) is 5.02 Å². The number of halogens is 1. The van der Waals surface area contributed by atoms with Crippen LogP contribution in [-0.4, -0.2) is 48.2 Å². The molecule has 3 aromatic rings. The molecule has 1 aliphatic heterocycles. The van der Waals surface area contributed by atoms with Gasteiger partial charge in [0.2, 0.25) is 5.78 Å². The van der Waals surface area contributed by atoms with Gasteiger partial charge in [-0.15, -0.1) is 11.3 Å². The lowest BCUT2D eigenvalue weighted by Crippen LogP contribution is -2.41. The Morgan fingerprint density at radius 3 is 2.37 bits per heavy atom. The number of benzene rings is 1. The second kappa shape index (κ2) is 10.3. The number of hydrogen-bond acceptors (Lipinski definition) is 6. The summed E-state index contributed by atoms with van der Waals surface area (Å²) in [4.78, 5) is 25.9. The lowest BCUT2D eigenvalue weighted by molar-refractivity contribution is -0.152. The fourth-order valence-corrected chi connectivity index (χ4v) is 7.15. The van der Waals surface area contributed by atoms with Gasteiger partial charge in [0.1, 0.15) is 4.21 Å². The number of aromatic nitrogens is 1. The molecule has 1 saturated heterocycles. The molecule has 2 aromatic heterocycles. The number of piperidine rings is 1. The van der Waals surface area contributed by atoms with E-state index in [-0.39, 0.29) is 18.9 Å². The SMILES string of the molecule is Cc1cc(C(=O)C(C)OC(=O)C2CCN(S(=O)(=O)c3cccs3)CC2)c(C)n1-c1ccc(Cl)cc1. The Morgan fingerprint density at radius 1 is 1.11 bits per heavy atom. The second-order valence-electron chi connectivity index (χ2n) is 8.65. The van der Waals surface area contributed by atoms with Gasteiger partial charge in [-0.3, -0.25) is 9.59 Å². The van der Waals surface area contributed by atoms with E-state index in [2.05, 4.69) is 0 Å². The normalized spacial score (nSPS) is 16.2. The van der Waals surface area contributed by atoms with Crippen molar-refractivity contribution in [1.29, 1.82) is 0 Å². The standard InChI is InChI=1S/C25H27ClN2O5S2/c1-16-15-22(17(2)28(16)21-8-6-20(26)7-9-21)24(29)18(3)33-25(30)19-10-12-27(13-11-19)35(31,32)23-5-4-14-34-23/h4-9,14-15,18-19H,10-13H2,1-3H3. The van der Waals surface area contributed by atoms with Crippen molar-refractivity contribution in [1.82, 2.24) is 8.87 Å². The minimum absolute atomic E-state index is 0.241. The van der Waals surface area contributed by atoms with Crippen LogP contribution in [0.5, 0.6) is 0 Å². The van der Waals surface area contributed by atoms with Crippen LogP contribution in [0.15, 0.2) is 52.1 Å². The molecule has 1 aliphatic rings. The maximum Gasteiger partial charge on any atom is 0.309 e. The van der Waals surface area contributed by atoms with Crippen molar-refractivity contribution in [3.63, 3.8) is 0 Å². The number of Topliss-reactive ketones (excluding diaryl/α,β-unsaturated/α-hetero) is 1. The van der Waals surface area contributed by atoms with Crippen molar-refractivity contribution in [2.24, 2.45) is 5.92 Å². The minimum Gasteiger partial charge on any atom is -0.454 e. The van der Waals surface area contributed by atoms with Crippen LogP contribution in [0.4, 0.5) is 0 Å². The summed E-state index contributed by atoms with van der Waals surface area (Å²) in [6, 6.07) is 12.4. The molecule has 7 nitrogen and oxygen atoms in total. The summed E-state index contributed by atoms with van der Waals surface area (Å²) >= 11 is 7.17. The Balaban J connectivity index is 1.39. The third-order valence-electron chi connectivity index (χ3n) is 6.32. The van der Waals surface area contributed by atoms with Crippen LogP contribution in [0, 0.1) is 19.8 Å². The molecule has 4 rings (SSSR count). The molecule has 1 fully saturated rings. The van der Waals surface area contributed by atoms with Crippen molar-refractivity contribution < 1.29 is 22.7 Å². The second-order valence-corrected chi connectivity index (χ2v) is 12.2. The maximum atomic E-state index is 13.2. The van der Waals surface area contributed by atoms with E-state index in [0.717, 1.165) is 17.1 Å². The summed E-state index contributed by atoms with van der Waals surface area (Å²) in [7, 11) is -3.54. The molecule has 0 radical (unpaired) electrons. The fraction of sp³-hybridized carbons (Fsp3) is 0.360. The van der Waals surface area contributed by atoms with Gasteiger partial charge in [-0.2, -0.15) is 4.31 Å². The zero-order valence-electron chi connectivity index (χ0n) is 19.7. The van der Waals surface area contributed by atoms with Crippen LogP contribution in [0.3, 0.4) is 0 Å². The first kappa shape index (κ1) is 25.6. The van der Waals surface area contributed by atoms with E-state index < -0.39 is 28.0 Å². The van der Waals surface area contributed by atoms with Crippen molar-refractivity contribution in [2.75, 3.05) is 13.1 Å². The predicted octanol–water partition coefficient (Wildman–Crippen LogP) is 5.02. The number of sulfonamides is 1. The molecule has 35 heavy (non-hydrogen) atoms. The molecule has 1 aromatic carbocycles. The molecule has 0 N–H and O–H groups in total. The number of ketones is 1. The van der Waals surface area contributed by atoms with Crippen LogP contribution >= 0.6 is 22.9 Å². The Bertz CT molecular complexity index is 1320.